The summed E-state index contributed by atoms with van der Waals surface area (Å²) in [5, 5.41) is 3.81. The predicted molar refractivity (Wildman–Crippen MR) is 118 cm³/mol. The van der Waals surface area contributed by atoms with Gasteiger partial charge in [-0.05, 0) is 41.9 Å². The molecule has 0 aromatic carbocycles. The second-order valence-corrected chi connectivity index (χ2v) is 19.9. The Labute approximate surface area is 163 Å². The van der Waals surface area contributed by atoms with Gasteiger partial charge in [0.25, 0.3) is 0 Å². The van der Waals surface area contributed by atoms with Gasteiger partial charge in [0.2, 0.25) is 0 Å². The average molecular weight is 393 g/mol. The molecule has 3 nitrogen and oxygen atoms in total. The lowest BCUT2D eigenvalue weighted by atomic mass is 9.92. The second kappa shape index (κ2) is 7.32. The van der Waals surface area contributed by atoms with Crippen molar-refractivity contribution >= 4 is 16.6 Å². The minimum Gasteiger partial charge on any atom is -0.414 e. The van der Waals surface area contributed by atoms with Crippen LogP contribution in [0.25, 0.3) is 0 Å². The lowest BCUT2D eigenvalue weighted by Crippen LogP contribution is -2.61. The van der Waals surface area contributed by atoms with Gasteiger partial charge in [-0.1, -0.05) is 58.2 Å². The number of nitrogens with zero attached hydrogens (tertiary/aromatic N) is 1. The largest absolute Gasteiger partial charge is 0.414 e. The van der Waals surface area contributed by atoms with E-state index in [1.807, 2.05) is 0 Å². The molecule has 26 heavy (non-hydrogen) atoms. The van der Waals surface area contributed by atoms with Crippen LogP contribution in [0.5, 0.6) is 0 Å². The number of nitrogens with one attached hydrogen (secondary N) is 1. The molecule has 5 heteroatoms. The molecule has 1 N–H and O–H groups in total. The average Bonchev–Trinajstić information content (AvgIpc) is 2.92. The number of allylic oxidation sites excluding steroid dienone is 4. The number of hydrogen-bond acceptors (Lipinski definition) is 3. The molecule has 3 aliphatic rings. The summed E-state index contributed by atoms with van der Waals surface area (Å²) in [6.07, 6.45) is 11.1. The summed E-state index contributed by atoms with van der Waals surface area (Å²) in [6, 6.07) is 0. The van der Waals surface area contributed by atoms with Crippen LogP contribution in [-0.4, -0.2) is 53.4 Å². The second-order valence-electron chi connectivity index (χ2n) is 10.6. The Kier molecular flexibility index (Phi) is 5.78. The minimum atomic E-state index is -1.76. The Morgan fingerprint density at radius 1 is 1.00 bits per heavy atom. The zero-order valence-electron chi connectivity index (χ0n) is 18.0. The highest BCUT2D eigenvalue weighted by Gasteiger charge is 2.54. The third kappa shape index (κ3) is 3.83. The highest BCUT2D eigenvalue weighted by atomic mass is 28.4. The van der Waals surface area contributed by atoms with Crippen molar-refractivity contribution in [1.82, 2.24) is 9.88 Å². The number of piperazine rings is 1. The molecule has 0 amide bonds. The molecule has 2 aliphatic carbocycles. The first-order valence-electron chi connectivity index (χ1n) is 10.5. The molecule has 1 heterocycles. The van der Waals surface area contributed by atoms with E-state index in [1.165, 1.54) is 19.5 Å². The highest BCUT2D eigenvalue weighted by molar-refractivity contribution is 6.77. The number of rotatable bonds is 4. The minimum absolute atomic E-state index is 0.276. The summed E-state index contributed by atoms with van der Waals surface area (Å²) in [7, 11) is -3.36. The Morgan fingerprint density at radius 2 is 1.62 bits per heavy atom. The summed E-state index contributed by atoms with van der Waals surface area (Å²) in [5.41, 5.74) is 0.695. The van der Waals surface area contributed by atoms with E-state index in [0.717, 1.165) is 13.1 Å². The molecule has 0 aromatic rings. The molecule has 1 saturated heterocycles. The maximum atomic E-state index is 7.11. The third-order valence-corrected chi connectivity index (χ3v) is 16.6. The first-order chi connectivity index (χ1) is 12.0. The van der Waals surface area contributed by atoms with Crippen LogP contribution >= 0.6 is 0 Å². The fourth-order valence-corrected chi connectivity index (χ4v) is 10.7. The van der Waals surface area contributed by atoms with E-state index in [2.05, 4.69) is 81.1 Å². The van der Waals surface area contributed by atoms with E-state index in [4.69, 9.17) is 4.43 Å². The van der Waals surface area contributed by atoms with Gasteiger partial charge in [0.1, 0.15) is 8.24 Å². The summed E-state index contributed by atoms with van der Waals surface area (Å²) in [5.74, 6) is 1.35. The van der Waals surface area contributed by atoms with Gasteiger partial charge in [0.15, 0.2) is 8.32 Å². The molecule has 0 bridgehead atoms. The molecule has 0 aromatic heterocycles. The Morgan fingerprint density at radius 3 is 2.23 bits per heavy atom. The Hall–Kier alpha value is -0.206. The lowest BCUT2D eigenvalue weighted by molar-refractivity contribution is 0.176. The van der Waals surface area contributed by atoms with E-state index in [0.29, 0.717) is 23.5 Å². The fourth-order valence-electron chi connectivity index (χ4n) is 5.01. The number of hydrogen-bond donors (Lipinski definition) is 1. The van der Waals surface area contributed by atoms with Crippen molar-refractivity contribution in [2.75, 3.05) is 26.2 Å². The third-order valence-electron chi connectivity index (χ3n) is 7.62. The summed E-state index contributed by atoms with van der Waals surface area (Å²) in [4.78, 5) is 0. The molecule has 4 unspecified atom stereocenters. The van der Waals surface area contributed by atoms with Crippen molar-refractivity contribution < 1.29 is 4.43 Å². The van der Waals surface area contributed by atoms with Crippen LogP contribution in [0.2, 0.25) is 36.8 Å². The van der Waals surface area contributed by atoms with Crippen molar-refractivity contribution in [3.63, 3.8) is 0 Å². The lowest BCUT2D eigenvalue weighted by Gasteiger charge is -2.49. The molecular formula is C21H40N2OSi2. The molecule has 1 aliphatic heterocycles. The standard InChI is InChI=1S/C21H40N2OSi2/c1-21(2,3)26(6,7)24-19-16-17-10-8-9-11-18(17)20(19)25(4,5)23-14-12-22-13-15-23/h8-11,17-20,22H,12-16H2,1-7H3. The molecule has 0 radical (unpaired) electrons. The molecule has 2 fully saturated rings. The van der Waals surface area contributed by atoms with E-state index in [1.54, 1.807) is 0 Å². The predicted octanol–water partition coefficient (Wildman–Crippen LogP) is 4.62. The highest BCUT2D eigenvalue weighted by Crippen LogP contribution is 2.53. The van der Waals surface area contributed by atoms with Crippen LogP contribution < -0.4 is 5.32 Å². The van der Waals surface area contributed by atoms with E-state index in [9.17, 15) is 0 Å². The van der Waals surface area contributed by atoms with Crippen LogP contribution in [0.15, 0.2) is 24.3 Å². The normalized spacial score (nSPS) is 33.5. The van der Waals surface area contributed by atoms with E-state index >= 15 is 0 Å². The van der Waals surface area contributed by atoms with Gasteiger partial charge in [-0.3, -0.25) is 0 Å². The summed E-state index contributed by atoms with van der Waals surface area (Å²) < 4.78 is 9.96. The quantitative estimate of drug-likeness (QED) is 0.707. The SMILES string of the molecule is CC(C)(C)[Si](C)(C)OC1CC2C=CC=CC2C1[Si](C)(C)N1CCNCC1. The Bertz CT molecular complexity index is 559. The first-order valence-corrected chi connectivity index (χ1v) is 16.5. The maximum absolute atomic E-state index is 7.11. The van der Waals surface area contributed by atoms with Gasteiger partial charge >= 0.3 is 0 Å². The van der Waals surface area contributed by atoms with Gasteiger partial charge < -0.3 is 14.3 Å². The maximum Gasteiger partial charge on any atom is 0.192 e. The fraction of sp³-hybridized carbons (Fsp3) is 0.810. The van der Waals surface area contributed by atoms with E-state index in [-0.39, 0.29) is 5.04 Å². The van der Waals surface area contributed by atoms with Crippen molar-refractivity contribution in [3.05, 3.63) is 24.3 Å². The molecule has 4 atom stereocenters. The monoisotopic (exact) mass is 392 g/mol. The van der Waals surface area contributed by atoms with Gasteiger partial charge in [-0.15, -0.1) is 0 Å². The van der Waals surface area contributed by atoms with Gasteiger partial charge in [-0.2, -0.15) is 0 Å². The molecule has 0 spiro atoms. The van der Waals surface area contributed by atoms with Crippen LogP contribution in [0.4, 0.5) is 0 Å². The van der Waals surface area contributed by atoms with Gasteiger partial charge in [0.05, 0.1) is 0 Å². The molecule has 1 saturated carbocycles. The van der Waals surface area contributed by atoms with Gasteiger partial charge in [-0.25, -0.2) is 0 Å². The zero-order valence-corrected chi connectivity index (χ0v) is 20.0. The summed E-state index contributed by atoms with van der Waals surface area (Å²) in [6.45, 7) is 21.9. The topological polar surface area (TPSA) is 24.5 Å². The van der Waals surface area contributed by atoms with Crippen molar-refractivity contribution in [2.24, 2.45) is 11.8 Å². The summed E-state index contributed by atoms with van der Waals surface area (Å²) >= 11 is 0. The zero-order chi connectivity index (χ0) is 19.2. The van der Waals surface area contributed by atoms with Crippen LogP contribution in [-0.2, 0) is 4.43 Å². The van der Waals surface area contributed by atoms with Crippen molar-refractivity contribution in [3.8, 4) is 0 Å². The Balaban J connectivity index is 1.89. The van der Waals surface area contributed by atoms with Crippen molar-refractivity contribution in [1.29, 1.82) is 0 Å². The number of fused-ring (bicyclic) bond motifs is 1. The van der Waals surface area contributed by atoms with Crippen LogP contribution in [0, 0.1) is 11.8 Å². The van der Waals surface area contributed by atoms with E-state index < -0.39 is 16.6 Å². The first kappa shape index (κ1) is 20.5. The van der Waals surface area contributed by atoms with Crippen LogP contribution in [0.1, 0.15) is 27.2 Å². The molecule has 3 rings (SSSR count). The van der Waals surface area contributed by atoms with Gasteiger partial charge in [0, 0.05) is 32.3 Å². The van der Waals surface area contributed by atoms with Crippen LogP contribution in [0.3, 0.4) is 0 Å². The van der Waals surface area contributed by atoms with Crippen molar-refractivity contribution in [2.45, 2.75) is 70.1 Å². The molecular weight excluding hydrogens is 352 g/mol. The smallest absolute Gasteiger partial charge is 0.192 e. The molecule has 148 valence electrons.